The second-order valence-corrected chi connectivity index (χ2v) is 17.2. The molecule has 0 amide bonds. The minimum Gasteiger partial charge on any atom is -0.407 e. The molecule has 1 aromatic heterocycles. The van der Waals surface area contributed by atoms with Crippen molar-refractivity contribution in [3.63, 3.8) is 0 Å². The quantitative estimate of drug-likeness (QED) is 0.377. The molecule has 0 radical (unpaired) electrons. The molecule has 194 valence electrons. The maximum Gasteiger partial charge on any atom is 0.488 e. The summed E-state index contributed by atoms with van der Waals surface area (Å²) < 4.78 is 53.8. The SMILES string of the molecule is C.CC1(C)OB(B2OC(C)(C)C(C)(C)O2)OC1(C)C.[2H]C([2H])([2H])C(C)(O[Si](C)(C)C)c1ccc(Br)cn1. The summed E-state index contributed by atoms with van der Waals surface area (Å²) in [5.74, 6) is 0. The first-order valence-corrected chi connectivity index (χ1v) is 15.6. The molecular formula is C24H46B2BrNO5Si. The lowest BCUT2D eigenvalue weighted by molar-refractivity contribution is 0.00578. The predicted molar refractivity (Wildman–Crippen MR) is 148 cm³/mol. The number of halogens is 1. The van der Waals surface area contributed by atoms with Crippen molar-refractivity contribution in [1.29, 1.82) is 0 Å². The number of hydrogen-bond donors (Lipinski definition) is 0. The predicted octanol–water partition coefficient (Wildman–Crippen LogP) is 6.82. The molecule has 2 aliphatic heterocycles. The van der Waals surface area contributed by atoms with Crippen LogP contribution in [0, 0.1) is 0 Å². The van der Waals surface area contributed by atoms with Gasteiger partial charge in [-0.05, 0) is 117 Å². The van der Waals surface area contributed by atoms with Gasteiger partial charge in [0.15, 0.2) is 8.32 Å². The van der Waals surface area contributed by atoms with Crippen LogP contribution in [-0.2, 0) is 28.6 Å². The van der Waals surface area contributed by atoms with Crippen LogP contribution in [0.3, 0.4) is 0 Å². The van der Waals surface area contributed by atoms with E-state index < -0.39 is 34.8 Å². The van der Waals surface area contributed by atoms with E-state index in [1.54, 1.807) is 25.3 Å². The molecule has 1 atom stereocenters. The average Bonchev–Trinajstić information content (AvgIpc) is 3.00. The fourth-order valence-electron chi connectivity index (χ4n) is 3.32. The third kappa shape index (κ3) is 7.40. The summed E-state index contributed by atoms with van der Waals surface area (Å²) in [4.78, 5) is 4.19. The number of hydrogen-bond acceptors (Lipinski definition) is 6. The maximum atomic E-state index is 7.74. The molecule has 1 unspecified atom stereocenters. The minimum atomic E-state index is -2.26. The zero-order valence-electron chi connectivity index (χ0n) is 25.3. The van der Waals surface area contributed by atoms with Gasteiger partial charge >= 0.3 is 14.0 Å². The van der Waals surface area contributed by atoms with Crippen LogP contribution in [0.25, 0.3) is 0 Å². The summed E-state index contributed by atoms with van der Waals surface area (Å²) in [6, 6.07) is 3.47. The molecule has 2 fully saturated rings. The minimum absolute atomic E-state index is 0. The average molecular weight is 561 g/mol. The zero-order valence-corrected chi connectivity index (χ0v) is 24.8. The fraction of sp³-hybridized carbons (Fsp3) is 0.792. The van der Waals surface area contributed by atoms with Crippen LogP contribution in [0.2, 0.25) is 19.6 Å². The topological polar surface area (TPSA) is 59.0 Å². The van der Waals surface area contributed by atoms with Crippen LogP contribution in [0.5, 0.6) is 0 Å². The number of pyridine rings is 1. The lowest BCUT2D eigenvalue weighted by Crippen LogP contribution is -2.41. The largest absolute Gasteiger partial charge is 0.488 e. The lowest BCUT2D eigenvalue weighted by Gasteiger charge is -2.32. The Morgan fingerprint density at radius 2 is 1.26 bits per heavy atom. The second-order valence-electron chi connectivity index (χ2n) is 11.9. The molecule has 6 nitrogen and oxygen atoms in total. The molecule has 1 aromatic rings. The van der Waals surface area contributed by atoms with Crippen molar-refractivity contribution in [2.45, 2.75) is 124 Å². The Morgan fingerprint density at radius 1 is 0.882 bits per heavy atom. The van der Waals surface area contributed by atoms with Crippen LogP contribution in [-0.4, -0.2) is 49.7 Å². The van der Waals surface area contributed by atoms with Crippen LogP contribution in [0.4, 0.5) is 0 Å². The molecular weight excluding hydrogens is 512 g/mol. The molecule has 2 saturated heterocycles. The first kappa shape index (κ1) is 26.8. The summed E-state index contributed by atoms with van der Waals surface area (Å²) in [7, 11) is -2.96. The smallest absolute Gasteiger partial charge is 0.407 e. The summed E-state index contributed by atoms with van der Waals surface area (Å²) in [5.41, 5.74) is -2.36. The molecule has 10 heteroatoms. The van der Waals surface area contributed by atoms with Crippen molar-refractivity contribution >= 4 is 38.3 Å². The van der Waals surface area contributed by atoms with Crippen LogP contribution in [0.1, 0.15) is 86.4 Å². The van der Waals surface area contributed by atoms with Gasteiger partial charge < -0.3 is 23.0 Å². The zero-order chi connectivity index (χ0) is 28.2. The van der Waals surface area contributed by atoms with Gasteiger partial charge in [-0.3, -0.25) is 4.98 Å². The van der Waals surface area contributed by atoms with E-state index in [1.165, 1.54) is 0 Å². The number of aromatic nitrogens is 1. The maximum absolute atomic E-state index is 7.74. The number of nitrogens with zero attached hydrogens (tertiary/aromatic N) is 1. The van der Waals surface area contributed by atoms with Crippen LogP contribution >= 0.6 is 15.9 Å². The molecule has 0 saturated carbocycles. The van der Waals surface area contributed by atoms with E-state index in [4.69, 9.17) is 27.2 Å². The van der Waals surface area contributed by atoms with Gasteiger partial charge in [0.05, 0.1) is 33.7 Å². The summed E-state index contributed by atoms with van der Waals surface area (Å²) in [6.45, 7) is 21.4. The Bertz CT molecular complexity index is 860. The Kier molecular flexibility index (Phi) is 8.10. The molecule has 3 rings (SSSR count). The van der Waals surface area contributed by atoms with Crippen molar-refractivity contribution in [2.24, 2.45) is 0 Å². The second kappa shape index (κ2) is 10.3. The molecule has 0 aromatic carbocycles. The van der Waals surface area contributed by atoms with Crippen LogP contribution in [0.15, 0.2) is 22.8 Å². The van der Waals surface area contributed by atoms with Gasteiger partial charge in [-0.15, -0.1) is 0 Å². The van der Waals surface area contributed by atoms with Crippen molar-refractivity contribution in [3.8, 4) is 0 Å². The normalized spacial score (nSPS) is 25.7. The summed E-state index contributed by atoms with van der Waals surface area (Å²) in [5, 5.41) is 0. The van der Waals surface area contributed by atoms with Gasteiger partial charge in [0.2, 0.25) is 0 Å². The molecule has 0 spiro atoms. The van der Waals surface area contributed by atoms with E-state index in [0.29, 0.717) is 5.69 Å². The van der Waals surface area contributed by atoms with Gasteiger partial charge in [-0.2, -0.15) is 0 Å². The van der Waals surface area contributed by atoms with Gasteiger partial charge in [-0.25, -0.2) is 0 Å². The van der Waals surface area contributed by atoms with E-state index >= 15 is 0 Å². The van der Waals surface area contributed by atoms with Crippen molar-refractivity contribution in [1.82, 2.24) is 4.98 Å². The third-order valence-corrected chi connectivity index (χ3v) is 7.98. The van der Waals surface area contributed by atoms with Crippen LogP contribution < -0.4 is 0 Å². The van der Waals surface area contributed by atoms with E-state index in [9.17, 15) is 0 Å². The lowest BCUT2D eigenvalue weighted by atomic mass is 9.49. The summed E-state index contributed by atoms with van der Waals surface area (Å²) in [6.07, 6.45) is 1.59. The Morgan fingerprint density at radius 3 is 1.53 bits per heavy atom. The molecule has 2 aliphatic rings. The molecule has 0 aliphatic carbocycles. The standard InChI is InChI=1S/C12H24B2O4.C11H18BrNOSi.CH4/c1-9(2)10(3,4)16-13(15-9)14-17-11(5,6)12(7,8)18-14;1-11(2,14-15(3,4)5)10-7-6-9(12)8-13-10;/h1-8H3;6-8H,1-5H3;1H4/i;1D3;. The molecule has 0 N–H and O–H groups in total. The highest BCUT2D eigenvalue weighted by Crippen LogP contribution is 2.42. The van der Waals surface area contributed by atoms with E-state index in [2.05, 4.69) is 20.9 Å². The Hall–Kier alpha value is -0.223. The van der Waals surface area contributed by atoms with E-state index in [1.807, 2.05) is 75.0 Å². The molecule has 34 heavy (non-hydrogen) atoms. The highest BCUT2D eigenvalue weighted by molar-refractivity contribution is 9.10. The van der Waals surface area contributed by atoms with Crippen molar-refractivity contribution in [3.05, 3.63) is 28.5 Å². The van der Waals surface area contributed by atoms with Gasteiger partial charge in [0.25, 0.3) is 0 Å². The monoisotopic (exact) mass is 560 g/mol. The van der Waals surface area contributed by atoms with E-state index in [0.717, 1.165) is 4.47 Å². The fourth-order valence-corrected chi connectivity index (χ4v) is 4.89. The first-order chi connectivity index (χ1) is 15.8. The van der Waals surface area contributed by atoms with E-state index in [-0.39, 0.29) is 29.8 Å². The van der Waals surface area contributed by atoms with Crippen molar-refractivity contribution < 1.29 is 27.2 Å². The van der Waals surface area contributed by atoms with Gasteiger partial charge in [0.1, 0.15) is 0 Å². The van der Waals surface area contributed by atoms with Crippen molar-refractivity contribution in [2.75, 3.05) is 0 Å². The highest BCUT2D eigenvalue weighted by Gasteiger charge is 2.63. The molecule has 3 heterocycles. The molecule has 0 bridgehead atoms. The third-order valence-electron chi connectivity index (χ3n) is 6.49. The first-order valence-electron chi connectivity index (χ1n) is 12.9. The van der Waals surface area contributed by atoms with Gasteiger partial charge in [0, 0.05) is 14.8 Å². The summed E-state index contributed by atoms with van der Waals surface area (Å²) >= 11 is 3.29. The van der Waals surface area contributed by atoms with Gasteiger partial charge in [-0.1, -0.05) is 7.43 Å². The Labute approximate surface area is 223 Å². The Balaban J connectivity index is 0.000000360. The highest BCUT2D eigenvalue weighted by atomic mass is 79.9. The number of rotatable bonds is 4.